The molecular formula is C13H21N3. The Morgan fingerprint density at radius 3 is 3.12 bits per heavy atom. The van der Waals surface area contributed by atoms with Crippen molar-refractivity contribution < 1.29 is 0 Å². The first-order chi connectivity index (χ1) is 7.88. The Bertz CT molecular complexity index is 297. The average molecular weight is 219 g/mol. The normalized spacial score (nSPS) is 22.2. The summed E-state index contributed by atoms with van der Waals surface area (Å²) in [5.74, 6) is 0.794. The van der Waals surface area contributed by atoms with Crippen molar-refractivity contribution in [3.63, 3.8) is 0 Å². The summed E-state index contributed by atoms with van der Waals surface area (Å²) in [6, 6.07) is 6.13. The number of hydrogen-bond donors (Lipinski definition) is 1. The van der Waals surface area contributed by atoms with Crippen LogP contribution in [-0.4, -0.2) is 29.5 Å². The van der Waals surface area contributed by atoms with Gasteiger partial charge in [-0.25, -0.2) is 0 Å². The predicted molar refractivity (Wildman–Crippen MR) is 65.9 cm³/mol. The van der Waals surface area contributed by atoms with Crippen LogP contribution in [0.5, 0.6) is 0 Å². The zero-order valence-corrected chi connectivity index (χ0v) is 9.81. The number of piperidine rings is 1. The molecule has 0 aliphatic carbocycles. The maximum atomic E-state index is 5.63. The predicted octanol–water partition coefficient (Wildman–Crippen LogP) is 1.64. The van der Waals surface area contributed by atoms with E-state index in [4.69, 9.17) is 5.73 Å². The molecule has 0 bridgehead atoms. The van der Waals surface area contributed by atoms with E-state index in [-0.39, 0.29) is 0 Å². The average Bonchev–Trinajstić information content (AvgIpc) is 2.31. The summed E-state index contributed by atoms with van der Waals surface area (Å²) in [5, 5.41) is 0. The van der Waals surface area contributed by atoms with Crippen LogP contribution in [0.15, 0.2) is 24.4 Å². The molecule has 3 nitrogen and oxygen atoms in total. The molecule has 2 heterocycles. The van der Waals surface area contributed by atoms with E-state index in [0.717, 1.165) is 19.0 Å². The van der Waals surface area contributed by atoms with E-state index < -0.39 is 0 Å². The zero-order chi connectivity index (χ0) is 11.2. The van der Waals surface area contributed by atoms with E-state index in [9.17, 15) is 0 Å². The monoisotopic (exact) mass is 219 g/mol. The lowest BCUT2D eigenvalue weighted by Crippen LogP contribution is -2.35. The highest BCUT2D eigenvalue weighted by Crippen LogP contribution is 2.20. The van der Waals surface area contributed by atoms with Crippen LogP contribution < -0.4 is 5.73 Å². The molecule has 1 atom stereocenters. The fourth-order valence-corrected chi connectivity index (χ4v) is 2.49. The largest absolute Gasteiger partial charge is 0.330 e. The molecule has 0 saturated carbocycles. The molecule has 1 aliphatic heterocycles. The summed E-state index contributed by atoms with van der Waals surface area (Å²) < 4.78 is 0. The highest BCUT2D eigenvalue weighted by Gasteiger charge is 2.19. The summed E-state index contributed by atoms with van der Waals surface area (Å²) >= 11 is 0. The van der Waals surface area contributed by atoms with Gasteiger partial charge in [0.1, 0.15) is 0 Å². The van der Waals surface area contributed by atoms with Crippen LogP contribution in [0.1, 0.15) is 25.0 Å². The van der Waals surface area contributed by atoms with Gasteiger partial charge in [-0.15, -0.1) is 0 Å². The maximum Gasteiger partial charge on any atom is 0.0543 e. The van der Waals surface area contributed by atoms with E-state index >= 15 is 0 Å². The highest BCUT2D eigenvalue weighted by molar-refractivity contribution is 5.03. The Morgan fingerprint density at radius 1 is 1.44 bits per heavy atom. The summed E-state index contributed by atoms with van der Waals surface area (Å²) in [5.41, 5.74) is 6.80. The van der Waals surface area contributed by atoms with E-state index in [1.807, 2.05) is 12.3 Å². The number of rotatable bonds is 4. The van der Waals surface area contributed by atoms with Crippen molar-refractivity contribution in [1.29, 1.82) is 0 Å². The second-order valence-corrected chi connectivity index (χ2v) is 4.64. The molecule has 1 aromatic rings. The van der Waals surface area contributed by atoms with Gasteiger partial charge in [-0.2, -0.15) is 0 Å². The standard InChI is InChI=1S/C13H21N3/c14-7-6-12-4-3-9-16(10-12)11-13-5-1-2-8-15-13/h1-2,5,8,12H,3-4,6-7,9-11,14H2. The molecule has 1 saturated heterocycles. The van der Waals surface area contributed by atoms with Crippen LogP contribution >= 0.6 is 0 Å². The van der Waals surface area contributed by atoms with Gasteiger partial charge in [0.05, 0.1) is 5.69 Å². The minimum absolute atomic E-state index is 0.794. The summed E-state index contributed by atoms with van der Waals surface area (Å²) in [7, 11) is 0. The molecule has 1 aliphatic rings. The van der Waals surface area contributed by atoms with E-state index in [1.54, 1.807) is 0 Å². The first-order valence-corrected chi connectivity index (χ1v) is 6.21. The first kappa shape index (κ1) is 11.6. The molecule has 1 fully saturated rings. The van der Waals surface area contributed by atoms with Crippen molar-refractivity contribution in [2.75, 3.05) is 19.6 Å². The van der Waals surface area contributed by atoms with Gasteiger partial charge in [0, 0.05) is 19.3 Å². The van der Waals surface area contributed by atoms with Crippen LogP contribution in [0.25, 0.3) is 0 Å². The molecule has 0 amide bonds. The van der Waals surface area contributed by atoms with Crippen molar-refractivity contribution in [1.82, 2.24) is 9.88 Å². The second kappa shape index (κ2) is 5.97. The molecule has 0 spiro atoms. The van der Waals surface area contributed by atoms with Crippen LogP contribution in [0.4, 0.5) is 0 Å². The molecule has 3 heteroatoms. The van der Waals surface area contributed by atoms with Crippen LogP contribution in [0, 0.1) is 5.92 Å². The number of aromatic nitrogens is 1. The minimum atomic E-state index is 0.794. The van der Waals surface area contributed by atoms with Gasteiger partial charge >= 0.3 is 0 Å². The van der Waals surface area contributed by atoms with Crippen molar-refractivity contribution in [2.45, 2.75) is 25.8 Å². The van der Waals surface area contributed by atoms with Gasteiger partial charge in [-0.05, 0) is 50.4 Å². The number of hydrogen-bond acceptors (Lipinski definition) is 3. The lowest BCUT2D eigenvalue weighted by Gasteiger charge is -2.32. The third kappa shape index (κ3) is 3.29. The number of nitrogens with two attached hydrogens (primary N) is 1. The lowest BCUT2D eigenvalue weighted by molar-refractivity contribution is 0.161. The smallest absolute Gasteiger partial charge is 0.0543 e. The minimum Gasteiger partial charge on any atom is -0.330 e. The Kier molecular flexibility index (Phi) is 4.31. The molecule has 0 aromatic carbocycles. The van der Waals surface area contributed by atoms with E-state index in [1.165, 1.54) is 38.0 Å². The van der Waals surface area contributed by atoms with E-state index in [2.05, 4.69) is 22.0 Å². The molecule has 2 rings (SSSR count). The third-order valence-corrected chi connectivity index (χ3v) is 3.29. The SMILES string of the molecule is NCCC1CCCN(Cc2ccccn2)C1. The Labute approximate surface area is 97.7 Å². The Morgan fingerprint density at radius 2 is 2.38 bits per heavy atom. The van der Waals surface area contributed by atoms with Crippen molar-refractivity contribution in [2.24, 2.45) is 11.7 Å². The second-order valence-electron chi connectivity index (χ2n) is 4.64. The number of nitrogens with zero attached hydrogens (tertiary/aromatic N) is 2. The lowest BCUT2D eigenvalue weighted by atomic mass is 9.95. The van der Waals surface area contributed by atoms with Crippen molar-refractivity contribution in [3.8, 4) is 0 Å². The molecule has 0 radical (unpaired) electrons. The van der Waals surface area contributed by atoms with Crippen LogP contribution in [0.3, 0.4) is 0 Å². The Balaban J connectivity index is 1.85. The summed E-state index contributed by atoms with van der Waals surface area (Å²) in [6.07, 6.45) is 5.68. The summed E-state index contributed by atoms with van der Waals surface area (Å²) in [4.78, 5) is 6.88. The van der Waals surface area contributed by atoms with Crippen molar-refractivity contribution in [3.05, 3.63) is 30.1 Å². The number of likely N-dealkylation sites (tertiary alicyclic amines) is 1. The van der Waals surface area contributed by atoms with Gasteiger partial charge in [-0.3, -0.25) is 9.88 Å². The van der Waals surface area contributed by atoms with E-state index in [0.29, 0.717) is 0 Å². The quantitative estimate of drug-likeness (QED) is 0.837. The van der Waals surface area contributed by atoms with Gasteiger partial charge < -0.3 is 5.73 Å². The van der Waals surface area contributed by atoms with Crippen molar-refractivity contribution >= 4 is 0 Å². The van der Waals surface area contributed by atoms with Gasteiger partial charge in [0.2, 0.25) is 0 Å². The third-order valence-electron chi connectivity index (χ3n) is 3.29. The van der Waals surface area contributed by atoms with Gasteiger partial charge in [0.15, 0.2) is 0 Å². The number of pyridine rings is 1. The van der Waals surface area contributed by atoms with Gasteiger partial charge in [-0.1, -0.05) is 6.07 Å². The topological polar surface area (TPSA) is 42.1 Å². The molecule has 16 heavy (non-hydrogen) atoms. The highest BCUT2D eigenvalue weighted by atomic mass is 15.1. The Hall–Kier alpha value is -0.930. The molecular weight excluding hydrogens is 198 g/mol. The zero-order valence-electron chi connectivity index (χ0n) is 9.81. The fourth-order valence-electron chi connectivity index (χ4n) is 2.49. The molecule has 2 N–H and O–H groups in total. The van der Waals surface area contributed by atoms with Gasteiger partial charge in [0.25, 0.3) is 0 Å². The maximum absolute atomic E-state index is 5.63. The van der Waals surface area contributed by atoms with Crippen LogP contribution in [-0.2, 0) is 6.54 Å². The molecule has 1 unspecified atom stereocenters. The van der Waals surface area contributed by atoms with Crippen LogP contribution in [0.2, 0.25) is 0 Å². The summed E-state index contributed by atoms with van der Waals surface area (Å²) in [6.45, 7) is 4.20. The molecule has 1 aromatic heterocycles. The molecule has 88 valence electrons. The fraction of sp³-hybridized carbons (Fsp3) is 0.615. The first-order valence-electron chi connectivity index (χ1n) is 6.21.